The second kappa shape index (κ2) is 8.85. The van der Waals surface area contributed by atoms with E-state index in [9.17, 15) is 4.79 Å². The van der Waals surface area contributed by atoms with Crippen LogP contribution in [0.25, 0.3) is 0 Å². The molecule has 2 aromatic heterocycles. The fourth-order valence-electron chi connectivity index (χ4n) is 3.92. The number of carbonyl (C=O) groups excluding carboxylic acids is 1. The van der Waals surface area contributed by atoms with Crippen LogP contribution in [0.3, 0.4) is 0 Å². The first kappa shape index (κ1) is 18.4. The van der Waals surface area contributed by atoms with Crippen molar-refractivity contribution in [1.82, 2.24) is 10.3 Å². The molecule has 6 heteroatoms. The Bertz CT molecular complexity index is 720. The molecule has 0 spiro atoms. The van der Waals surface area contributed by atoms with Gasteiger partial charge in [0, 0.05) is 30.4 Å². The molecule has 0 aromatic carbocycles. The first-order valence-electron chi connectivity index (χ1n) is 9.84. The topological polar surface area (TPSA) is 60.5 Å². The quantitative estimate of drug-likeness (QED) is 0.801. The molecule has 1 aliphatic carbocycles. The molecule has 1 N–H and O–H groups in total. The standard InChI is InChI=1S/C21H26N2O3S/c24-21(16-7-8-19(22-14-16)26-17-4-1-2-5-17)23-20(18-6-3-13-27-18)15-9-11-25-12-10-15/h3,6-8,13-15,17,20H,1-2,4-5,9-12H2,(H,23,24). The summed E-state index contributed by atoms with van der Waals surface area (Å²) in [6.45, 7) is 1.52. The summed E-state index contributed by atoms with van der Waals surface area (Å²) in [5.74, 6) is 0.928. The number of hydrogen-bond acceptors (Lipinski definition) is 5. The summed E-state index contributed by atoms with van der Waals surface area (Å²) in [5.41, 5.74) is 0.572. The van der Waals surface area contributed by atoms with Crippen LogP contribution in [0.1, 0.15) is 59.8 Å². The fourth-order valence-corrected chi connectivity index (χ4v) is 4.79. The summed E-state index contributed by atoms with van der Waals surface area (Å²) < 4.78 is 11.4. The predicted octanol–water partition coefficient (Wildman–Crippen LogP) is 4.36. The van der Waals surface area contributed by atoms with Gasteiger partial charge in [-0.25, -0.2) is 4.98 Å². The van der Waals surface area contributed by atoms with Gasteiger partial charge in [-0.2, -0.15) is 0 Å². The van der Waals surface area contributed by atoms with Gasteiger partial charge in [-0.05, 0) is 62.0 Å². The lowest BCUT2D eigenvalue weighted by molar-refractivity contribution is 0.0518. The average molecular weight is 387 g/mol. The van der Waals surface area contributed by atoms with Crippen molar-refractivity contribution in [2.45, 2.75) is 50.7 Å². The highest BCUT2D eigenvalue weighted by Crippen LogP contribution is 2.33. The van der Waals surface area contributed by atoms with Crippen LogP contribution in [-0.4, -0.2) is 30.2 Å². The number of aromatic nitrogens is 1. The molecule has 1 amide bonds. The van der Waals surface area contributed by atoms with E-state index in [0.29, 0.717) is 17.4 Å². The summed E-state index contributed by atoms with van der Waals surface area (Å²) in [6, 6.07) is 7.77. The van der Waals surface area contributed by atoms with Gasteiger partial charge in [0.05, 0.1) is 11.6 Å². The molecule has 5 nitrogen and oxygen atoms in total. The lowest BCUT2D eigenvalue weighted by Gasteiger charge is -2.30. The number of hydrogen-bond donors (Lipinski definition) is 1. The van der Waals surface area contributed by atoms with Gasteiger partial charge in [-0.3, -0.25) is 4.79 Å². The van der Waals surface area contributed by atoms with Crippen molar-refractivity contribution >= 4 is 17.2 Å². The normalized spacial score (nSPS) is 19.7. The maximum Gasteiger partial charge on any atom is 0.253 e. The highest BCUT2D eigenvalue weighted by Gasteiger charge is 2.28. The Morgan fingerprint density at radius 1 is 1.19 bits per heavy atom. The van der Waals surface area contributed by atoms with Gasteiger partial charge in [0.1, 0.15) is 6.10 Å². The third kappa shape index (κ3) is 4.68. The van der Waals surface area contributed by atoms with E-state index < -0.39 is 0 Å². The second-order valence-electron chi connectivity index (χ2n) is 7.33. The number of nitrogens with zero attached hydrogens (tertiary/aromatic N) is 1. The van der Waals surface area contributed by atoms with Crippen molar-refractivity contribution in [3.05, 3.63) is 46.3 Å². The van der Waals surface area contributed by atoms with Crippen LogP contribution in [-0.2, 0) is 4.74 Å². The van der Waals surface area contributed by atoms with Crippen LogP contribution in [0.4, 0.5) is 0 Å². The summed E-state index contributed by atoms with van der Waals surface area (Å²) in [6.07, 6.45) is 8.46. The molecule has 3 heterocycles. The first-order chi connectivity index (χ1) is 13.3. The number of amides is 1. The van der Waals surface area contributed by atoms with Crippen molar-refractivity contribution in [1.29, 1.82) is 0 Å². The largest absolute Gasteiger partial charge is 0.474 e. The van der Waals surface area contributed by atoms with Gasteiger partial charge in [0.25, 0.3) is 5.91 Å². The average Bonchev–Trinajstić information content (AvgIpc) is 3.41. The van der Waals surface area contributed by atoms with Crippen molar-refractivity contribution in [3.8, 4) is 5.88 Å². The van der Waals surface area contributed by atoms with Crippen LogP contribution in [0.5, 0.6) is 5.88 Å². The van der Waals surface area contributed by atoms with Crippen molar-refractivity contribution in [2.24, 2.45) is 5.92 Å². The summed E-state index contributed by atoms with van der Waals surface area (Å²) >= 11 is 1.69. The van der Waals surface area contributed by atoms with Crippen LogP contribution < -0.4 is 10.1 Å². The molecule has 1 saturated carbocycles. The van der Waals surface area contributed by atoms with Crippen molar-refractivity contribution in [3.63, 3.8) is 0 Å². The van der Waals surface area contributed by atoms with Gasteiger partial charge >= 0.3 is 0 Å². The Hall–Kier alpha value is -1.92. The Balaban J connectivity index is 1.42. The molecule has 4 rings (SSSR count). The van der Waals surface area contributed by atoms with Crippen molar-refractivity contribution < 1.29 is 14.3 Å². The summed E-state index contributed by atoms with van der Waals surface area (Å²) in [7, 11) is 0. The lowest BCUT2D eigenvalue weighted by atomic mass is 9.90. The molecule has 2 fully saturated rings. The van der Waals surface area contributed by atoms with Crippen LogP contribution >= 0.6 is 11.3 Å². The van der Waals surface area contributed by atoms with Crippen LogP contribution in [0.15, 0.2) is 35.8 Å². The van der Waals surface area contributed by atoms with Gasteiger partial charge in [0.2, 0.25) is 5.88 Å². The summed E-state index contributed by atoms with van der Waals surface area (Å²) in [4.78, 5) is 18.4. The second-order valence-corrected chi connectivity index (χ2v) is 8.31. The molecule has 0 bridgehead atoms. The number of pyridine rings is 1. The maximum absolute atomic E-state index is 12.8. The first-order valence-corrected chi connectivity index (χ1v) is 10.7. The predicted molar refractivity (Wildman–Crippen MR) is 105 cm³/mol. The molecule has 1 aliphatic heterocycles. The minimum Gasteiger partial charge on any atom is -0.474 e. The number of thiophene rings is 1. The van der Waals surface area contributed by atoms with E-state index in [-0.39, 0.29) is 18.1 Å². The monoisotopic (exact) mass is 386 g/mol. The summed E-state index contributed by atoms with van der Waals surface area (Å²) in [5, 5.41) is 5.29. The lowest BCUT2D eigenvalue weighted by Crippen LogP contribution is -2.35. The van der Waals surface area contributed by atoms with E-state index in [0.717, 1.165) is 38.9 Å². The van der Waals surface area contributed by atoms with Gasteiger partial charge in [-0.1, -0.05) is 6.07 Å². The molecule has 2 aromatic rings. The third-order valence-electron chi connectivity index (χ3n) is 5.46. The number of ether oxygens (including phenoxy) is 2. The van der Waals surface area contributed by atoms with Crippen molar-refractivity contribution in [2.75, 3.05) is 13.2 Å². The smallest absolute Gasteiger partial charge is 0.253 e. The van der Waals surface area contributed by atoms with E-state index in [2.05, 4.69) is 21.7 Å². The Labute approximate surface area is 164 Å². The molecule has 144 valence electrons. The highest BCUT2D eigenvalue weighted by molar-refractivity contribution is 7.10. The fraction of sp³-hybridized carbons (Fsp3) is 0.524. The molecule has 1 unspecified atom stereocenters. The van der Waals surface area contributed by atoms with E-state index in [1.54, 1.807) is 17.5 Å². The molecule has 2 aliphatic rings. The van der Waals surface area contributed by atoms with Gasteiger partial charge in [-0.15, -0.1) is 11.3 Å². The third-order valence-corrected chi connectivity index (χ3v) is 6.42. The van der Waals surface area contributed by atoms with Crippen LogP contribution in [0, 0.1) is 5.92 Å². The molecular formula is C21H26N2O3S. The van der Waals surface area contributed by atoms with E-state index >= 15 is 0 Å². The zero-order chi connectivity index (χ0) is 18.5. The molecule has 1 saturated heterocycles. The Morgan fingerprint density at radius 3 is 2.67 bits per heavy atom. The number of rotatable bonds is 6. The number of carbonyl (C=O) groups is 1. The zero-order valence-corrected chi connectivity index (χ0v) is 16.2. The Morgan fingerprint density at radius 2 is 2.00 bits per heavy atom. The Kier molecular flexibility index (Phi) is 6.04. The molecule has 27 heavy (non-hydrogen) atoms. The van der Waals surface area contributed by atoms with Gasteiger partial charge < -0.3 is 14.8 Å². The molecule has 0 radical (unpaired) electrons. The van der Waals surface area contributed by atoms with E-state index in [4.69, 9.17) is 9.47 Å². The van der Waals surface area contributed by atoms with E-state index in [1.807, 2.05) is 18.2 Å². The molecule has 1 atom stereocenters. The highest BCUT2D eigenvalue weighted by atomic mass is 32.1. The molecular weight excluding hydrogens is 360 g/mol. The van der Waals surface area contributed by atoms with Crippen LogP contribution in [0.2, 0.25) is 0 Å². The zero-order valence-electron chi connectivity index (χ0n) is 15.4. The van der Waals surface area contributed by atoms with Gasteiger partial charge in [0.15, 0.2) is 0 Å². The maximum atomic E-state index is 12.8. The minimum atomic E-state index is -0.0835. The minimum absolute atomic E-state index is 0.0239. The SMILES string of the molecule is O=C(NC(c1cccs1)C1CCOCC1)c1ccc(OC2CCCC2)nc1. The number of nitrogens with one attached hydrogen (secondary N) is 1. The van der Waals surface area contributed by atoms with E-state index in [1.165, 1.54) is 17.7 Å².